The van der Waals surface area contributed by atoms with Crippen molar-refractivity contribution in [2.45, 2.75) is 26.9 Å². The molecule has 0 atom stereocenters. The summed E-state index contributed by atoms with van der Waals surface area (Å²) in [4.78, 5) is 3.32. The second-order valence-corrected chi connectivity index (χ2v) is 3.80. The Kier molecular flexibility index (Phi) is 5.55. The molecular weight excluding hydrogens is 267 g/mol. The number of halogens is 3. The van der Waals surface area contributed by atoms with Gasteiger partial charge in [-0.1, -0.05) is 26.0 Å². The summed E-state index contributed by atoms with van der Waals surface area (Å²) in [5.74, 6) is 0.838. The van der Waals surface area contributed by atoms with Gasteiger partial charge < -0.3 is 4.74 Å². The largest absolute Gasteiger partial charge is 0.456 e. The molecule has 0 fully saturated rings. The Hall–Kier alpha value is -2.04. The highest BCUT2D eigenvalue weighted by Gasteiger charge is 2.32. The van der Waals surface area contributed by atoms with Gasteiger partial charge in [0.05, 0.1) is 6.20 Å². The van der Waals surface area contributed by atoms with Crippen molar-refractivity contribution in [2.75, 3.05) is 0 Å². The molecule has 0 spiro atoms. The Bertz CT molecular complexity index is 536. The molecule has 0 bridgehead atoms. The molecular formula is C15H16F3NO. The Morgan fingerprint density at radius 3 is 2.20 bits per heavy atom. The number of pyridine rings is 1. The summed E-state index contributed by atoms with van der Waals surface area (Å²) in [6.07, 6.45) is -3.37. The van der Waals surface area contributed by atoms with Crippen LogP contribution < -0.4 is 4.74 Å². The Balaban J connectivity index is 0.000000956. The second kappa shape index (κ2) is 6.93. The molecule has 0 aliphatic carbocycles. The molecule has 2 aromatic rings. The summed E-state index contributed by atoms with van der Waals surface area (Å²) in [5, 5.41) is 0. The zero-order valence-electron chi connectivity index (χ0n) is 11.5. The molecule has 0 amide bonds. The monoisotopic (exact) mass is 283 g/mol. The van der Waals surface area contributed by atoms with E-state index >= 15 is 0 Å². The van der Waals surface area contributed by atoms with Gasteiger partial charge in [-0.2, -0.15) is 13.2 Å². The van der Waals surface area contributed by atoms with Gasteiger partial charge in [0.25, 0.3) is 0 Å². The summed E-state index contributed by atoms with van der Waals surface area (Å²) >= 11 is 0. The van der Waals surface area contributed by atoms with Gasteiger partial charge in [-0.05, 0) is 36.8 Å². The minimum absolute atomic E-state index is 0.272. The van der Waals surface area contributed by atoms with Gasteiger partial charge in [0.2, 0.25) is 0 Å². The van der Waals surface area contributed by atoms with E-state index in [0.717, 1.165) is 17.8 Å². The minimum Gasteiger partial charge on any atom is -0.456 e. The van der Waals surface area contributed by atoms with E-state index in [1.165, 1.54) is 6.07 Å². The number of rotatable bonds is 2. The van der Waals surface area contributed by atoms with Crippen LogP contribution in [0.4, 0.5) is 13.2 Å². The molecule has 5 heteroatoms. The fourth-order valence-corrected chi connectivity index (χ4v) is 1.42. The second-order valence-electron chi connectivity index (χ2n) is 3.80. The minimum atomic E-state index is -4.43. The van der Waals surface area contributed by atoms with Crippen LogP contribution in [0.1, 0.15) is 25.1 Å². The van der Waals surface area contributed by atoms with Gasteiger partial charge in [0, 0.05) is 0 Å². The lowest BCUT2D eigenvalue weighted by atomic mass is 10.2. The molecule has 108 valence electrons. The van der Waals surface area contributed by atoms with Crippen molar-refractivity contribution in [3.8, 4) is 11.5 Å². The van der Waals surface area contributed by atoms with Crippen LogP contribution in [0.25, 0.3) is 0 Å². The first kappa shape index (κ1) is 16.0. The smallest absolute Gasteiger partial charge is 0.433 e. The molecule has 1 aromatic heterocycles. The first-order valence-electron chi connectivity index (χ1n) is 6.23. The van der Waals surface area contributed by atoms with E-state index in [1.807, 2.05) is 32.9 Å². The average Bonchev–Trinajstić information content (AvgIpc) is 2.41. The van der Waals surface area contributed by atoms with Crippen molar-refractivity contribution in [1.82, 2.24) is 4.98 Å². The van der Waals surface area contributed by atoms with Crippen LogP contribution in [0, 0.1) is 6.92 Å². The molecule has 0 saturated heterocycles. The fraction of sp³-hybridized carbons (Fsp3) is 0.267. The third kappa shape index (κ3) is 4.57. The molecule has 2 rings (SSSR count). The number of aromatic nitrogens is 1. The van der Waals surface area contributed by atoms with E-state index in [-0.39, 0.29) is 5.75 Å². The van der Waals surface area contributed by atoms with Crippen LogP contribution in [-0.2, 0) is 6.18 Å². The summed E-state index contributed by atoms with van der Waals surface area (Å²) in [6.45, 7) is 5.90. The van der Waals surface area contributed by atoms with E-state index in [0.29, 0.717) is 5.75 Å². The lowest BCUT2D eigenvalue weighted by Gasteiger charge is -2.08. The first-order valence-corrected chi connectivity index (χ1v) is 6.23. The lowest BCUT2D eigenvalue weighted by molar-refractivity contribution is -0.141. The predicted molar refractivity (Wildman–Crippen MR) is 71.8 cm³/mol. The van der Waals surface area contributed by atoms with Crippen LogP contribution >= 0.6 is 0 Å². The van der Waals surface area contributed by atoms with Gasteiger partial charge in [0.15, 0.2) is 0 Å². The van der Waals surface area contributed by atoms with E-state index in [1.54, 1.807) is 12.1 Å². The molecule has 0 aliphatic rings. The van der Waals surface area contributed by atoms with Crippen LogP contribution in [0.15, 0.2) is 42.6 Å². The van der Waals surface area contributed by atoms with Crippen molar-refractivity contribution in [3.63, 3.8) is 0 Å². The van der Waals surface area contributed by atoms with Gasteiger partial charge in [0.1, 0.15) is 17.2 Å². The summed E-state index contributed by atoms with van der Waals surface area (Å²) in [7, 11) is 0. The zero-order valence-corrected chi connectivity index (χ0v) is 11.5. The Morgan fingerprint density at radius 1 is 1.00 bits per heavy atom. The van der Waals surface area contributed by atoms with Crippen molar-refractivity contribution < 1.29 is 17.9 Å². The van der Waals surface area contributed by atoms with Crippen molar-refractivity contribution in [2.24, 2.45) is 0 Å². The highest BCUT2D eigenvalue weighted by molar-refractivity contribution is 5.32. The molecule has 0 N–H and O–H groups in total. The topological polar surface area (TPSA) is 22.1 Å². The van der Waals surface area contributed by atoms with E-state index in [4.69, 9.17) is 4.74 Å². The maximum Gasteiger partial charge on any atom is 0.433 e. The third-order valence-corrected chi connectivity index (χ3v) is 2.25. The Morgan fingerprint density at radius 2 is 1.70 bits per heavy atom. The molecule has 20 heavy (non-hydrogen) atoms. The highest BCUT2D eigenvalue weighted by Crippen LogP contribution is 2.29. The molecule has 0 aliphatic heterocycles. The van der Waals surface area contributed by atoms with Crippen molar-refractivity contribution in [3.05, 3.63) is 53.9 Å². The SMILES string of the molecule is CC.Cc1cccc(Oc2ccc(C(F)(F)F)nc2)c1. The normalized spacial score (nSPS) is 10.5. The van der Waals surface area contributed by atoms with E-state index in [2.05, 4.69) is 4.98 Å². The number of alkyl halides is 3. The molecule has 1 aromatic carbocycles. The van der Waals surface area contributed by atoms with Crippen molar-refractivity contribution >= 4 is 0 Å². The van der Waals surface area contributed by atoms with E-state index in [9.17, 15) is 13.2 Å². The number of aryl methyl sites for hydroxylation is 1. The molecule has 0 unspecified atom stereocenters. The molecule has 0 radical (unpaired) electrons. The maximum absolute atomic E-state index is 12.3. The third-order valence-electron chi connectivity index (χ3n) is 2.25. The predicted octanol–water partition coefficient (Wildman–Crippen LogP) is 5.23. The molecule has 0 saturated carbocycles. The average molecular weight is 283 g/mol. The van der Waals surface area contributed by atoms with Gasteiger partial charge in [-0.15, -0.1) is 0 Å². The summed E-state index contributed by atoms with van der Waals surface area (Å²) in [5.41, 5.74) is 0.0754. The molecule has 2 nitrogen and oxygen atoms in total. The number of nitrogens with zero attached hydrogens (tertiary/aromatic N) is 1. The fourth-order valence-electron chi connectivity index (χ4n) is 1.42. The van der Waals surface area contributed by atoms with Gasteiger partial charge >= 0.3 is 6.18 Å². The standard InChI is InChI=1S/C13H10F3NO.C2H6/c1-9-3-2-4-10(7-9)18-11-5-6-12(17-8-11)13(14,15)16;1-2/h2-8H,1H3;1-2H3. The van der Waals surface area contributed by atoms with Crippen LogP contribution in [0.5, 0.6) is 11.5 Å². The lowest BCUT2D eigenvalue weighted by Crippen LogP contribution is -2.07. The highest BCUT2D eigenvalue weighted by atomic mass is 19.4. The van der Waals surface area contributed by atoms with Crippen LogP contribution in [-0.4, -0.2) is 4.98 Å². The summed E-state index contributed by atoms with van der Waals surface area (Å²) < 4.78 is 42.3. The number of hydrogen-bond donors (Lipinski definition) is 0. The van der Waals surface area contributed by atoms with Gasteiger partial charge in [-0.25, -0.2) is 4.98 Å². The van der Waals surface area contributed by atoms with Crippen LogP contribution in [0.2, 0.25) is 0 Å². The first-order chi connectivity index (χ1) is 9.45. The number of ether oxygens (including phenoxy) is 1. The van der Waals surface area contributed by atoms with Crippen molar-refractivity contribution in [1.29, 1.82) is 0 Å². The number of benzene rings is 1. The van der Waals surface area contributed by atoms with Gasteiger partial charge in [-0.3, -0.25) is 0 Å². The zero-order chi connectivity index (χ0) is 15.2. The number of hydrogen-bond acceptors (Lipinski definition) is 2. The molecule has 1 heterocycles. The van der Waals surface area contributed by atoms with E-state index < -0.39 is 11.9 Å². The van der Waals surface area contributed by atoms with Crippen LogP contribution in [0.3, 0.4) is 0 Å². The maximum atomic E-state index is 12.3. The quantitative estimate of drug-likeness (QED) is 0.753. The summed E-state index contributed by atoms with van der Waals surface area (Å²) in [6, 6.07) is 9.37. The Labute approximate surface area is 116 Å².